The van der Waals surface area contributed by atoms with Crippen molar-refractivity contribution in [3.8, 4) is 5.75 Å². The molecule has 1 amide bonds. The number of hydrogen-bond acceptors (Lipinski definition) is 3. The third-order valence-corrected chi connectivity index (χ3v) is 3.42. The molecule has 5 nitrogen and oxygen atoms in total. The van der Waals surface area contributed by atoms with Crippen LogP contribution in [0.5, 0.6) is 5.75 Å². The highest BCUT2D eigenvalue weighted by atomic mass is 79.9. The molecule has 0 bridgehead atoms. The molecule has 0 aliphatic carbocycles. The first kappa shape index (κ1) is 12.9. The van der Waals surface area contributed by atoms with E-state index in [1.54, 1.807) is 17.0 Å². The van der Waals surface area contributed by atoms with E-state index >= 15 is 0 Å². The van der Waals surface area contributed by atoms with E-state index in [-0.39, 0.29) is 22.0 Å². The number of hydrogen-bond donors (Lipinski definition) is 1. The molecular weight excluding hydrogens is 302 g/mol. The van der Waals surface area contributed by atoms with Crippen LogP contribution in [0.3, 0.4) is 0 Å². The Balaban J connectivity index is 2.36. The predicted octanol–water partition coefficient (Wildman–Crippen LogP) is 1.89. The van der Waals surface area contributed by atoms with Gasteiger partial charge in [0.25, 0.3) is 0 Å². The normalized spacial score (nSPS) is 19.1. The maximum absolute atomic E-state index is 11.7. The Labute approximate surface area is 112 Å². The largest absolute Gasteiger partial charge is 0.496 e. The number of carbonyl (C=O) groups is 2. The van der Waals surface area contributed by atoms with E-state index in [2.05, 4.69) is 15.9 Å². The molecule has 2 rings (SSSR count). The highest BCUT2D eigenvalue weighted by Crippen LogP contribution is 2.30. The first-order chi connectivity index (χ1) is 8.52. The molecule has 1 aromatic carbocycles. The van der Waals surface area contributed by atoms with Crippen molar-refractivity contribution in [3.05, 3.63) is 23.8 Å². The van der Waals surface area contributed by atoms with Crippen LogP contribution in [0.1, 0.15) is 16.8 Å². The van der Waals surface area contributed by atoms with E-state index in [1.807, 2.05) is 0 Å². The summed E-state index contributed by atoms with van der Waals surface area (Å²) in [6.45, 7) is 0.578. The van der Waals surface area contributed by atoms with Crippen molar-refractivity contribution in [1.82, 2.24) is 0 Å². The minimum atomic E-state index is -1.05. The SMILES string of the molecule is COc1cc(N2CC(Br)CC2=O)ccc1C(=O)O. The minimum Gasteiger partial charge on any atom is -0.496 e. The van der Waals surface area contributed by atoms with Gasteiger partial charge in [0.1, 0.15) is 11.3 Å². The lowest BCUT2D eigenvalue weighted by Crippen LogP contribution is -2.24. The summed E-state index contributed by atoms with van der Waals surface area (Å²) in [4.78, 5) is 24.5. The molecule has 1 aliphatic rings. The summed E-state index contributed by atoms with van der Waals surface area (Å²) in [6.07, 6.45) is 0.447. The molecule has 0 saturated carbocycles. The molecule has 0 spiro atoms. The summed E-state index contributed by atoms with van der Waals surface area (Å²) in [7, 11) is 1.41. The number of ether oxygens (including phenoxy) is 1. The topological polar surface area (TPSA) is 66.8 Å². The Morgan fingerprint density at radius 3 is 2.78 bits per heavy atom. The van der Waals surface area contributed by atoms with E-state index < -0.39 is 5.97 Å². The van der Waals surface area contributed by atoms with Gasteiger partial charge in [-0.15, -0.1) is 0 Å². The lowest BCUT2D eigenvalue weighted by molar-refractivity contribution is -0.117. The molecule has 96 valence electrons. The molecular formula is C12H12BrNO4. The third-order valence-electron chi connectivity index (χ3n) is 2.81. The molecule has 1 aliphatic heterocycles. The van der Waals surface area contributed by atoms with Crippen molar-refractivity contribution < 1.29 is 19.4 Å². The summed E-state index contributed by atoms with van der Waals surface area (Å²) in [5.41, 5.74) is 0.743. The van der Waals surface area contributed by atoms with Crippen LogP contribution in [0.15, 0.2) is 18.2 Å². The van der Waals surface area contributed by atoms with Gasteiger partial charge in [0.2, 0.25) is 5.91 Å². The predicted molar refractivity (Wildman–Crippen MR) is 69.6 cm³/mol. The molecule has 1 saturated heterocycles. The minimum absolute atomic E-state index is 0.0157. The number of alkyl halides is 1. The van der Waals surface area contributed by atoms with Gasteiger partial charge in [-0.2, -0.15) is 0 Å². The van der Waals surface area contributed by atoms with E-state index in [0.29, 0.717) is 18.7 Å². The van der Waals surface area contributed by atoms with Crippen molar-refractivity contribution in [2.24, 2.45) is 0 Å². The van der Waals surface area contributed by atoms with Gasteiger partial charge in [-0.3, -0.25) is 4.79 Å². The first-order valence-corrected chi connectivity index (χ1v) is 6.30. The number of carboxylic acid groups (broad SMARTS) is 1. The van der Waals surface area contributed by atoms with Crippen LogP contribution >= 0.6 is 15.9 Å². The van der Waals surface area contributed by atoms with Crippen LogP contribution in [-0.4, -0.2) is 35.5 Å². The summed E-state index contributed by atoms with van der Waals surface area (Å²) in [6, 6.07) is 4.65. The Morgan fingerprint density at radius 1 is 1.56 bits per heavy atom. The summed E-state index contributed by atoms with van der Waals surface area (Å²) in [5.74, 6) is -0.780. The Bertz CT molecular complexity index is 503. The highest BCUT2D eigenvalue weighted by Gasteiger charge is 2.29. The summed E-state index contributed by atoms with van der Waals surface area (Å²) < 4.78 is 5.04. The van der Waals surface area contributed by atoms with Crippen LogP contribution in [0.4, 0.5) is 5.69 Å². The number of carbonyl (C=O) groups excluding carboxylic acids is 1. The monoisotopic (exact) mass is 313 g/mol. The van der Waals surface area contributed by atoms with Gasteiger partial charge in [-0.25, -0.2) is 4.79 Å². The highest BCUT2D eigenvalue weighted by molar-refractivity contribution is 9.09. The summed E-state index contributed by atoms with van der Waals surface area (Å²) >= 11 is 3.40. The van der Waals surface area contributed by atoms with Crippen molar-refractivity contribution >= 4 is 33.5 Å². The van der Waals surface area contributed by atoms with Crippen molar-refractivity contribution in [2.75, 3.05) is 18.6 Å². The van der Waals surface area contributed by atoms with Crippen molar-refractivity contribution in [2.45, 2.75) is 11.2 Å². The average Bonchev–Trinajstić information content (AvgIpc) is 2.67. The van der Waals surface area contributed by atoms with Gasteiger partial charge < -0.3 is 14.7 Å². The maximum Gasteiger partial charge on any atom is 0.339 e. The quantitative estimate of drug-likeness (QED) is 0.865. The average molecular weight is 314 g/mol. The molecule has 6 heteroatoms. The number of rotatable bonds is 3. The van der Waals surface area contributed by atoms with Gasteiger partial charge in [-0.05, 0) is 12.1 Å². The number of carboxylic acids is 1. The smallest absolute Gasteiger partial charge is 0.339 e. The maximum atomic E-state index is 11.7. The van der Waals surface area contributed by atoms with E-state index in [1.165, 1.54) is 13.2 Å². The van der Waals surface area contributed by atoms with Crippen LogP contribution < -0.4 is 9.64 Å². The molecule has 18 heavy (non-hydrogen) atoms. The van der Waals surface area contributed by atoms with Crippen LogP contribution in [0, 0.1) is 0 Å². The molecule has 0 radical (unpaired) electrons. The number of benzene rings is 1. The van der Waals surface area contributed by atoms with Crippen LogP contribution in [-0.2, 0) is 4.79 Å². The van der Waals surface area contributed by atoms with Crippen LogP contribution in [0.2, 0.25) is 0 Å². The number of halogens is 1. The second-order valence-corrected chi connectivity index (χ2v) is 5.29. The summed E-state index contributed by atoms with van der Waals surface area (Å²) in [5, 5.41) is 8.98. The molecule has 1 aromatic rings. The fraction of sp³-hybridized carbons (Fsp3) is 0.333. The van der Waals surface area contributed by atoms with Gasteiger partial charge in [0.05, 0.1) is 7.11 Å². The van der Waals surface area contributed by atoms with Crippen molar-refractivity contribution in [3.63, 3.8) is 0 Å². The standard InChI is InChI=1S/C12H12BrNO4/c1-18-10-5-8(2-3-9(10)12(16)17)14-6-7(13)4-11(14)15/h2-3,5,7H,4,6H2,1H3,(H,16,17). The lowest BCUT2D eigenvalue weighted by atomic mass is 10.1. The Kier molecular flexibility index (Phi) is 3.56. The molecule has 1 atom stereocenters. The number of aromatic carboxylic acids is 1. The van der Waals surface area contributed by atoms with Gasteiger partial charge >= 0.3 is 5.97 Å². The number of anilines is 1. The fourth-order valence-corrected chi connectivity index (χ4v) is 2.50. The zero-order chi connectivity index (χ0) is 13.3. The zero-order valence-corrected chi connectivity index (χ0v) is 11.3. The second kappa shape index (κ2) is 4.97. The number of amides is 1. The van der Waals surface area contributed by atoms with Crippen LogP contribution in [0.25, 0.3) is 0 Å². The van der Waals surface area contributed by atoms with Gasteiger partial charge in [-0.1, -0.05) is 15.9 Å². The Hall–Kier alpha value is -1.56. The molecule has 1 N–H and O–H groups in total. The Morgan fingerprint density at radius 2 is 2.28 bits per heavy atom. The first-order valence-electron chi connectivity index (χ1n) is 5.38. The molecule has 0 aromatic heterocycles. The number of methoxy groups -OCH3 is 1. The van der Waals surface area contributed by atoms with Crippen molar-refractivity contribution in [1.29, 1.82) is 0 Å². The van der Waals surface area contributed by atoms with E-state index in [4.69, 9.17) is 9.84 Å². The second-order valence-electron chi connectivity index (χ2n) is 4.00. The zero-order valence-electron chi connectivity index (χ0n) is 9.72. The van der Waals surface area contributed by atoms with E-state index in [0.717, 1.165) is 0 Å². The molecule has 1 fully saturated rings. The van der Waals surface area contributed by atoms with E-state index in [9.17, 15) is 9.59 Å². The fourth-order valence-electron chi connectivity index (χ4n) is 1.94. The number of nitrogens with zero attached hydrogens (tertiary/aromatic N) is 1. The van der Waals surface area contributed by atoms with Gasteiger partial charge in [0, 0.05) is 29.5 Å². The van der Waals surface area contributed by atoms with Gasteiger partial charge in [0.15, 0.2) is 0 Å². The molecule has 1 unspecified atom stereocenters. The third kappa shape index (κ3) is 2.33. The molecule has 1 heterocycles. The lowest BCUT2D eigenvalue weighted by Gasteiger charge is -2.17.